The van der Waals surface area contributed by atoms with Gasteiger partial charge in [0.1, 0.15) is 23.2 Å². The van der Waals surface area contributed by atoms with Crippen molar-refractivity contribution in [3.63, 3.8) is 0 Å². The van der Waals surface area contributed by atoms with Gasteiger partial charge in [-0.15, -0.1) is 5.10 Å². The number of fused-ring (bicyclic) bond motifs is 1. The van der Waals surface area contributed by atoms with Crippen molar-refractivity contribution in [1.29, 1.82) is 0 Å². The van der Waals surface area contributed by atoms with E-state index in [0.29, 0.717) is 11.0 Å². The fourth-order valence-electron chi connectivity index (χ4n) is 4.72. The predicted molar refractivity (Wildman–Crippen MR) is 140 cm³/mol. The van der Waals surface area contributed by atoms with E-state index in [-0.39, 0.29) is 12.5 Å². The minimum Gasteiger partial charge on any atom is -0.459 e. The van der Waals surface area contributed by atoms with Gasteiger partial charge in [-0.3, -0.25) is 9.59 Å². The number of hydrogen-bond acceptors (Lipinski definition) is 8. The number of para-hydroxylation sites is 1. The highest BCUT2D eigenvalue weighted by Crippen LogP contribution is 2.49. The second kappa shape index (κ2) is 10.2. The summed E-state index contributed by atoms with van der Waals surface area (Å²) in [6.07, 6.45) is 0. The van der Waals surface area contributed by atoms with Crippen LogP contribution in [0.5, 0.6) is 0 Å². The number of amides is 1. The van der Waals surface area contributed by atoms with Gasteiger partial charge < -0.3 is 18.9 Å². The van der Waals surface area contributed by atoms with Gasteiger partial charge in [-0.2, -0.15) is 0 Å². The van der Waals surface area contributed by atoms with E-state index >= 15 is 0 Å². The number of nitrogens with zero attached hydrogens (tertiary/aromatic N) is 4. The Morgan fingerprint density at radius 2 is 1.70 bits per heavy atom. The Morgan fingerprint density at radius 3 is 2.27 bits per heavy atom. The van der Waals surface area contributed by atoms with Crippen LogP contribution >= 0.6 is 0 Å². The van der Waals surface area contributed by atoms with Gasteiger partial charge in [-0.1, -0.05) is 37.7 Å². The molecule has 37 heavy (non-hydrogen) atoms. The maximum atomic E-state index is 13.6. The van der Waals surface area contributed by atoms with Crippen molar-refractivity contribution in [2.45, 2.75) is 85.7 Å². The molecular weight excluding hydrogens is 492 g/mol. The molecule has 1 aromatic heterocycles. The number of likely N-dealkylation sites (tertiary alicyclic amines) is 1. The summed E-state index contributed by atoms with van der Waals surface area (Å²) in [6, 6.07) is 6.47. The number of carbonyl (C=O) groups excluding carboxylic acids is 3. The van der Waals surface area contributed by atoms with Gasteiger partial charge in [0.25, 0.3) is 0 Å². The molecule has 0 unspecified atom stereocenters. The second-order valence-electron chi connectivity index (χ2n) is 12.0. The molecule has 1 fully saturated rings. The summed E-state index contributed by atoms with van der Waals surface area (Å²) in [5.74, 6) is -2.83. The van der Waals surface area contributed by atoms with Gasteiger partial charge in [0.05, 0.1) is 23.5 Å². The molecule has 10 nitrogen and oxygen atoms in total. The standard InChI is InChI=1S/C26H39N4O6Si/c1-16(23(33)35-30-18-14-12-11-13-17(18)27-28-30)21-20(26(8,24(2,3)4)36-37(9)10)22(32)29(21)15-19(31)34-25(5,6)7/h11-14,16,20-21H,15H2,1-10H3/t16-,20-,21-,26-/m1/s1. The van der Waals surface area contributed by atoms with Crippen LogP contribution in [-0.4, -0.2) is 70.7 Å². The zero-order valence-electron chi connectivity index (χ0n) is 23.5. The lowest BCUT2D eigenvalue weighted by molar-refractivity contribution is -0.199. The van der Waals surface area contributed by atoms with Crippen molar-refractivity contribution in [1.82, 2.24) is 20.1 Å². The monoisotopic (exact) mass is 531 g/mol. The lowest BCUT2D eigenvalue weighted by Crippen LogP contribution is -2.74. The Balaban J connectivity index is 1.95. The molecular formula is C26H39N4O6Si. The van der Waals surface area contributed by atoms with Crippen LogP contribution in [0.25, 0.3) is 11.0 Å². The van der Waals surface area contributed by atoms with Crippen LogP contribution < -0.4 is 4.84 Å². The van der Waals surface area contributed by atoms with Gasteiger partial charge in [0.2, 0.25) is 14.9 Å². The largest absolute Gasteiger partial charge is 0.459 e. The lowest BCUT2D eigenvalue weighted by Gasteiger charge is -2.59. The molecule has 0 spiro atoms. The van der Waals surface area contributed by atoms with Crippen LogP contribution in [0.2, 0.25) is 13.1 Å². The first-order valence-corrected chi connectivity index (χ1v) is 14.9. The Morgan fingerprint density at radius 1 is 1.08 bits per heavy atom. The van der Waals surface area contributed by atoms with Crippen molar-refractivity contribution in [2.24, 2.45) is 17.3 Å². The molecule has 1 amide bonds. The highest BCUT2D eigenvalue weighted by molar-refractivity contribution is 6.48. The highest BCUT2D eigenvalue weighted by atomic mass is 28.3. The number of hydrogen-bond donors (Lipinski definition) is 0. The number of rotatable bonds is 8. The van der Waals surface area contributed by atoms with Crippen LogP contribution in [0.4, 0.5) is 0 Å². The zero-order chi connectivity index (χ0) is 27.9. The van der Waals surface area contributed by atoms with E-state index in [1.54, 1.807) is 45.9 Å². The zero-order valence-corrected chi connectivity index (χ0v) is 24.5. The molecule has 203 valence electrons. The quantitative estimate of drug-likeness (QED) is 0.221. The van der Waals surface area contributed by atoms with Crippen LogP contribution in [0.15, 0.2) is 24.3 Å². The Kier molecular flexibility index (Phi) is 7.91. The molecule has 11 heteroatoms. The fourth-order valence-corrected chi connectivity index (χ4v) is 6.00. The number of aromatic nitrogens is 3. The van der Waals surface area contributed by atoms with Gasteiger partial charge in [-0.05, 0) is 70.5 Å². The van der Waals surface area contributed by atoms with Gasteiger partial charge >= 0.3 is 11.9 Å². The predicted octanol–water partition coefficient (Wildman–Crippen LogP) is 3.26. The molecule has 1 radical (unpaired) electrons. The molecule has 0 N–H and O–H groups in total. The second-order valence-corrected chi connectivity index (χ2v) is 14.1. The number of esters is 1. The van der Waals surface area contributed by atoms with E-state index in [2.05, 4.69) is 10.3 Å². The van der Waals surface area contributed by atoms with Gasteiger partial charge in [0, 0.05) is 0 Å². The van der Waals surface area contributed by atoms with E-state index in [4.69, 9.17) is 14.0 Å². The molecule has 1 saturated heterocycles. The number of carbonyl (C=O) groups is 3. The molecule has 2 heterocycles. The minimum absolute atomic E-state index is 0.248. The molecule has 3 rings (SSSR count). The normalized spacial score (nSPS) is 20.9. The third kappa shape index (κ3) is 5.87. The summed E-state index contributed by atoms with van der Waals surface area (Å²) in [5.41, 5.74) is -0.894. The van der Waals surface area contributed by atoms with Crippen LogP contribution in [0, 0.1) is 17.3 Å². The average Bonchev–Trinajstić information content (AvgIpc) is 3.15. The molecule has 0 bridgehead atoms. The first kappa shape index (κ1) is 28.8. The van der Waals surface area contributed by atoms with Gasteiger partial charge in [-0.25, -0.2) is 4.79 Å². The Labute approximate surface area is 220 Å². The Hall–Kier alpha value is -2.79. The number of ether oxygens (including phenoxy) is 1. The molecule has 1 aliphatic heterocycles. The fraction of sp³-hybridized carbons (Fsp3) is 0.654. The van der Waals surface area contributed by atoms with E-state index < -0.39 is 55.5 Å². The van der Waals surface area contributed by atoms with E-state index in [0.717, 1.165) is 4.85 Å². The van der Waals surface area contributed by atoms with Crippen molar-refractivity contribution < 1.29 is 28.4 Å². The Bertz CT molecular complexity index is 1170. The van der Waals surface area contributed by atoms with E-state index in [1.165, 1.54) is 4.90 Å². The molecule has 2 aromatic rings. The molecule has 1 aliphatic rings. The van der Waals surface area contributed by atoms with Crippen molar-refractivity contribution >= 4 is 37.9 Å². The maximum Gasteiger partial charge on any atom is 0.339 e. The van der Waals surface area contributed by atoms with E-state index in [9.17, 15) is 14.4 Å². The van der Waals surface area contributed by atoms with Gasteiger partial charge in [0.15, 0.2) is 0 Å². The summed E-state index contributed by atoms with van der Waals surface area (Å²) < 4.78 is 12.0. The maximum absolute atomic E-state index is 13.6. The molecule has 1 aromatic carbocycles. The van der Waals surface area contributed by atoms with Crippen LogP contribution in [0.1, 0.15) is 55.4 Å². The smallest absolute Gasteiger partial charge is 0.339 e. The third-order valence-corrected chi connectivity index (χ3v) is 7.68. The first-order valence-electron chi connectivity index (χ1n) is 12.5. The van der Waals surface area contributed by atoms with Crippen LogP contribution in [0.3, 0.4) is 0 Å². The van der Waals surface area contributed by atoms with E-state index in [1.807, 2.05) is 46.9 Å². The summed E-state index contributed by atoms with van der Waals surface area (Å²) in [5, 5.41) is 7.96. The third-order valence-electron chi connectivity index (χ3n) is 6.85. The molecule has 4 atom stereocenters. The van der Waals surface area contributed by atoms with Crippen molar-refractivity contribution in [3.8, 4) is 0 Å². The summed E-state index contributed by atoms with van der Waals surface area (Å²) >= 11 is 0. The molecule has 0 aliphatic carbocycles. The highest BCUT2D eigenvalue weighted by Gasteiger charge is 2.63. The SMILES string of the molecule is C[C@@H](C(=O)On1nnc2ccccc21)[C@@H]1[C@@H]([C@@](C)(O[Si](C)C)C(C)(C)C)C(=O)N1CC(=O)OC(C)(C)C. The number of β-lactam (4-membered cyclic amide) rings is 1. The topological polar surface area (TPSA) is 113 Å². The summed E-state index contributed by atoms with van der Waals surface area (Å²) in [6.45, 7) is 18.7. The summed E-state index contributed by atoms with van der Waals surface area (Å²) in [4.78, 5) is 47.8. The average molecular weight is 532 g/mol. The lowest BCUT2D eigenvalue weighted by atomic mass is 9.61. The van der Waals surface area contributed by atoms with Crippen molar-refractivity contribution in [3.05, 3.63) is 24.3 Å². The van der Waals surface area contributed by atoms with Crippen molar-refractivity contribution in [2.75, 3.05) is 6.54 Å². The first-order chi connectivity index (χ1) is 17.0. The number of benzene rings is 1. The molecule has 0 saturated carbocycles. The van der Waals surface area contributed by atoms with Crippen LogP contribution in [-0.2, 0) is 23.5 Å². The summed E-state index contributed by atoms with van der Waals surface area (Å²) in [7, 11) is -1.22. The minimum atomic E-state index is -1.22.